The fourth-order valence-corrected chi connectivity index (χ4v) is 2.58. The van der Waals surface area contributed by atoms with Gasteiger partial charge in [0.25, 0.3) is 0 Å². The summed E-state index contributed by atoms with van der Waals surface area (Å²) < 4.78 is 19.1. The maximum atomic E-state index is 13.1. The lowest BCUT2D eigenvalue weighted by atomic mass is 10.1. The van der Waals surface area contributed by atoms with Gasteiger partial charge in [0.2, 0.25) is 0 Å². The van der Waals surface area contributed by atoms with E-state index in [0.717, 1.165) is 30.0 Å². The molecule has 0 atom stereocenters. The smallest absolute Gasteiger partial charge is 0.137 e. The zero-order chi connectivity index (χ0) is 13.2. The number of ether oxygens (including phenoxy) is 1. The van der Waals surface area contributed by atoms with Crippen LogP contribution in [0.2, 0.25) is 0 Å². The molecule has 2 aromatic rings. The van der Waals surface area contributed by atoms with Crippen molar-refractivity contribution >= 4 is 21.6 Å². The van der Waals surface area contributed by atoms with E-state index in [4.69, 9.17) is 4.74 Å². The fraction of sp³-hybridized carbons (Fsp3) is 0.200. The molecule has 0 aromatic heterocycles. The van der Waals surface area contributed by atoms with E-state index in [1.54, 1.807) is 12.1 Å². The van der Waals surface area contributed by atoms with Crippen molar-refractivity contribution in [2.75, 3.05) is 11.9 Å². The Morgan fingerprint density at radius 1 is 1.21 bits per heavy atom. The lowest BCUT2D eigenvalue weighted by Crippen LogP contribution is -2.00. The van der Waals surface area contributed by atoms with Gasteiger partial charge < -0.3 is 10.1 Å². The van der Waals surface area contributed by atoms with E-state index < -0.39 is 0 Å². The van der Waals surface area contributed by atoms with E-state index in [1.807, 2.05) is 12.1 Å². The zero-order valence-electron chi connectivity index (χ0n) is 10.2. The molecule has 4 heteroatoms. The largest absolute Gasteiger partial charge is 0.493 e. The van der Waals surface area contributed by atoms with E-state index in [0.29, 0.717) is 11.0 Å². The van der Waals surface area contributed by atoms with Crippen LogP contribution in [-0.4, -0.2) is 6.61 Å². The molecule has 1 heterocycles. The number of nitrogens with one attached hydrogen (secondary N) is 1. The summed E-state index contributed by atoms with van der Waals surface area (Å²) >= 11 is 3.19. The molecule has 1 aliphatic rings. The average molecular weight is 322 g/mol. The average Bonchev–Trinajstić information content (AvgIpc) is 2.87. The zero-order valence-corrected chi connectivity index (χ0v) is 11.8. The lowest BCUT2D eigenvalue weighted by molar-refractivity contribution is 0.357. The summed E-state index contributed by atoms with van der Waals surface area (Å²) in [5.41, 5.74) is 3.33. The minimum absolute atomic E-state index is 0.238. The molecule has 0 saturated carbocycles. The molecule has 98 valence electrons. The van der Waals surface area contributed by atoms with Crippen LogP contribution in [0.1, 0.15) is 11.1 Å². The first-order chi connectivity index (χ1) is 9.22. The van der Waals surface area contributed by atoms with Crippen molar-refractivity contribution in [1.29, 1.82) is 0 Å². The molecular weight excluding hydrogens is 309 g/mol. The highest BCUT2D eigenvalue weighted by Gasteiger charge is 2.11. The molecule has 0 saturated heterocycles. The summed E-state index contributed by atoms with van der Waals surface area (Å²) in [5.74, 6) is 0.744. The van der Waals surface area contributed by atoms with Gasteiger partial charge in [-0.3, -0.25) is 0 Å². The van der Waals surface area contributed by atoms with Crippen LogP contribution in [0, 0.1) is 5.82 Å². The van der Waals surface area contributed by atoms with Crippen LogP contribution in [0.3, 0.4) is 0 Å². The molecule has 2 aromatic carbocycles. The summed E-state index contributed by atoms with van der Waals surface area (Å²) in [4.78, 5) is 0. The molecule has 0 amide bonds. The first-order valence-corrected chi connectivity index (χ1v) is 6.95. The molecule has 0 spiro atoms. The number of anilines is 1. The van der Waals surface area contributed by atoms with Gasteiger partial charge in [0.15, 0.2) is 0 Å². The summed E-state index contributed by atoms with van der Waals surface area (Å²) in [6.45, 7) is 1.43. The van der Waals surface area contributed by atoms with Crippen LogP contribution in [0.15, 0.2) is 40.9 Å². The Labute approximate surface area is 119 Å². The van der Waals surface area contributed by atoms with Gasteiger partial charge in [-0.25, -0.2) is 4.39 Å². The molecule has 0 unspecified atom stereocenters. The second-order valence-electron chi connectivity index (χ2n) is 4.52. The van der Waals surface area contributed by atoms with Gasteiger partial charge in [-0.05, 0) is 57.4 Å². The van der Waals surface area contributed by atoms with Crippen molar-refractivity contribution in [3.63, 3.8) is 0 Å². The van der Waals surface area contributed by atoms with Gasteiger partial charge in [0.05, 0.1) is 11.1 Å². The topological polar surface area (TPSA) is 21.3 Å². The van der Waals surface area contributed by atoms with E-state index in [1.165, 1.54) is 11.6 Å². The first kappa shape index (κ1) is 12.5. The molecule has 19 heavy (non-hydrogen) atoms. The minimum Gasteiger partial charge on any atom is -0.493 e. The summed E-state index contributed by atoms with van der Waals surface area (Å²) in [7, 11) is 0. The lowest BCUT2D eigenvalue weighted by Gasteiger charge is -2.08. The highest BCUT2D eigenvalue weighted by Crippen LogP contribution is 2.28. The van der Waals surface area contributed by atoms with E-state index in [9.17, 15) is 4.39 Å². The van der Waals surface area contributed by atoms with Crippen LogP contribution in [0.5, 0.6) is 5.75 Å². The van der Waals surface area contributed by atoms with Crippen LogP contribution >= 0.6 is 15.9 Å². The Bertz CT molecular complexity index is 615. The molecule has 0 radical (unpaired) electrons. The highest BCUT2D eigenvalue weighted by molar-refractivity contribution is 9.10. The number of hydrogen-bond acceptors (Lipinski definition) is 2. The Morgan fingerprint density at radius 3 is 2.95 bits per heavy atom. The monoisotopic (exact) mass is 321 g/mol. The van der Waals surface area contributed by atoms with Gasteiger partial charge in [-0.2, -0.15) is 0 Å². The van der Waals surface area contributed by atoms with Gasteiger partial charge in [-0.1, -0.05) is 6.07 Å². The summed E-state index contributed by atoms with van der Waals surface area (Å²) in [5, 5.41) is 3.34. The number of hydrogen-bond donors (Lipinski definition) is 1. The highest BCUT2D eigenvalue weighted by atomic mass is 79.9. The molecular formula is C15H13BrFNO. The molecule has 2 nitrogen and oxygen atoms in total. The van der Waals surface area contributed by atoms with Crippen molar-refractivity contribution < 1.29 is 9.13 Å². The van der Waals surface area contributed by atoms with Crippen molar-refractivity contribution in [2.45, 2.75) is 13.0 Å². The van der Waals surface area contributed by atoms with Gasteiger partial charge in [0, 0.05) is 18.7 Å². The van der Waals surface area contributed by atoms with Gasteiger partial charge >= 0.3 is 0 Å². The third-order valence-corrected chi connectivity index (χ3v) is 3.78. The van der Waals surface area contributed by atoms with Crippen LogP contribution in [0.25, 0.3) is 0 Å². The van der Waals surface area contributed by atoms with E-state index >= 15 is 0 Å². The SMILES string of the molecule is Fc1ccc(CNc2ccc3c(c2)CCO3)cc1Br. The standard InChI is InChI=1S/C15H13BrFNO/c16-13-7-10(1-3-14(13)17)9-18-12-2-4-15-11(8-12)5-6-19-15/h1-4,7-8,18H,5-6,9H2. The Balaban J connectivity index is 1.70. The second-order valence-corrected chi connectivity index (χ2v) is 5.38. The Morgan fingerprint density at radius 2 is 2.11 bits per heavy atom. The van der Waals surface area contributed by atoms with Crippen molar-refractivity contribution in [3.8, 4) is 5.75 Å². The molecule has 0 bridgehead atoms. The van der Waals surface area contributed by atoms with Crippen LogP contribution in [0.4, 0.5) is 10.1 Å². The number of benzene rings is 2. The third-order valence-electron chi connectivity index (χ3n) is 3.17. The normalized spacial score (nSPS) is 12.9. The van der Waals surface area contributed by atoms with Crippen molar-refractivity contribution in [2.24, 2.45) is 0 Å². The van der Waals surface area contributed by atoms with Crippen molar-refractivity contribution in [1.82, 2.24) is 0 Å². The number of halogens is 2. The maximum Gasteiger partial charge on any atom is 0.137 e. The number of rotatable bonds is 3. The van der Waals surface area contributed by atoms with Gasteiger partial charge in [0.1, 0.15) is 11.6 Å². The Kier molecular flexibility index (Phi) is 3.42. The number of fused-ring (bicyclic) bond motifs is 1. The fourth-order valence-electron chi connectivity index (χ4n) is 2.15. The minimum atomic E-state index is -0.238. The maximum absolute atomic E-state index is 13.1. The predicted octanol–water partition coefficient (Wildman–Crippen LogP) is 4.14. The van der Waals surface area contributed by atoms with Gasteiger partial charge in [-0.15, -0.1) is 0 Å². The predicted molar refractivity (Wildman–Crippen MR) is 77.1 cm³/mol. The van der Waals surface area contributed by atoms with Crippen LogP contribution in [-0.2, 0) is 13.0 Å². The van der Waals surface area contributed by atoms with Crippen LogP contribution < -0.4 is 10.1 Å². The molecule has 1 aliphatic heterocycles. The first-order valence-electron chi connectivity index (χ1n) is 6.16. The Hall–Kier alpha value is -1.55. The van der Waals surface area contributed by atoms with E-state index in [-0.39, 0.29) is 5.82 Å². The van der Waals surface area contributed by atoms with E-state index in [2.05, 4.69) is 27.3 Å². The third kappa shape index (κ3) is 2.73. The summed E-state index contributed by atoms with van der Waals surface area (Å²) in [6, 6.07) is 11.1. The summed E-state index contributed by atoms with van der Waals surface area (Å²) in [6.07, 6.45) is 0.965. The molecule has 0 aliphatic carbocycles. The molecule has 0 fully saturated rings. The second kappa shape index (κ2) is 5.21. The quantitative estimate of drug-likeness (QED) is 0.917. The van der Waals surface area contributed by atoms with Crippen molar-refractivity contribution in [3.05, 3.63) is 57.8 Å². The molecule has 3 rings (SSSR count). The molecule has 1 N–H and O–H groups in total.